The van der Waals surface area contributed by atoms with Gasteiger partial charge in [-0.15, -0.1) is 15.7 Å². The number of hydrogen-bond donors (Lipinski definition) is 4. The lowest BCUT2D eigenvalue weighted by molar-refractivity contribution is 0.479. The number of aromatic hydroxyl groups is 1. The van der Waals surface area contributed by atoms with E-state index in [4.69, 9.17) is 0 Å². The third-order valence-electron chi connectivity index (χ3n) is 4.61. The summed E-state index contributed by atoms with van der Waals surface area (Å²) in [4.78, 5) is 17.7. The molecule has 3 aromatic heterocycles. The standard InChI is InChI=1S/C20H15N5O4S2/c26-17-16(19-23-13-6-1-2-7-15(13)31(28,29)24-19)20(27)25(14-8-10-30-18(14)17)22-11-12-5-3-4-9-21-12/h1-11,26,28-29H,(H,23,24). The van der Waals surface area contributed by atoms with Gasteiger partial charge in [0.2, 0.25) is 0 Å². The van der Waals surface area contributed by atoms with E-state index in [-0.39, 0.29) is 22.0 Å². The zero-order valence-electron chi connectivity index (χ0n) is 15.7. The molecule has 1 aliphatic heterocycles. The first-order valence-electron chi connectivity index (χ1n) is 9.01. The van der Waals surface area contributed by atoms with Gasteiger partial charge in [0.05, 0.1) is 27.8 Å². The predicted molar refractivity (Wildman–Crippen MR) is 123 cm³/mol. The van der Waals surface area contributed by atoms with Crippen LogP contribution < -0.4 is 10.9 Å². The van der Waals surface area contributed by atoms with Crippen LogP contribution in [0.5, 0.6) is 5.75 Å². The van der Waals surface area contributed by atoms with Crippen molar-refractivity contribution in [3.63, 3.8) is 0 Å². The van der Waals surface area contributed by atoms with Gasteiger partial charge < -0.3 is 10.4 Å². The number of aromatic nitrogens is 2. The van der Waals surface area contributed by atoms with Gasteiger partial charge in [-0.1, -0.05) is 29.0 Å². The van der Waals surface area contributed by atoms with E-state index in [1.807, 2.05) is 0 Å². The van der Waals surface area contributed by atoms with E-state index in [1.54, 1.807) is 54.0 Å². The number of hydrogen-bond acceptors (Lipinski definition) is 9. The normalized spacial score (nSPS) is 16.0. The SMILES string of the molecule is O=c1c(C2=NS(O)(O)c3ccccc3N2)c(O)c2sccc2n1N=Cc1ccccn1. The van der Waals surface area contributed by atoms with Crippen LogP contribution >= 0.6 is 22.1 Å². The average molecular weight is 454 g/mol. The first-order chi connectivity index (χ1) is 15.0. The van der Waals surface area contributed by atoms with Crippen molar-refractivity contribution < 1.29 is 14.2 Å². The van der Waals surface area contributed by atoms with Crippen LogP contribution in [0.25, 0.3) is 10.2 Å². The van der Waals surface area contributed by atoms with Crippen LogP contribution in [0.2, 0.25) is 0 Å². The lowest BCUT2D eigenvalue weighted by Crippen LogP contribution is -2.30. The molecule has 0 radical (unpaired) electrons. The second kappa shape index (κ2) is 7.32. The van der Waals surface area contributed by atoms with Crippen molar-refractivity contribution in [2.24, 2.45) is 9.50 Å². The summed E-state index contributed by atoms with van der Waals surface area (Å²) in [5, 5.41) is 19.8. The molecule has 0 amide bonds. The second-order valence-corrected chi connectivity index (χ2v) is 9.13. The molecule has 4 heterocycles. The van der Waals surface area contributed by atoms with E-state index in [1.165, 1.54) is 23.6 Å². The van der Waals surface area contributed by atoms with E-state index in [0.717, 1.165) is 4.68 Å². The van der Waals surface area contributed by atoms with Gasteiger partial charge >= 0.3 is 0 Å². The summed E-state index contributed by atoms with van der Waals surface area (Å²) >= 11 is 1.22. The third-order valence-corrected chi connectivity index (χ3v) is 6.91. The molecule has 0 aliphatic carbocycles. The Morgan fingerprint density at radius 1 is 1.13 bits per heavy atom. The molecule has 9 nitrogen and oxygen atoms in total. The molecule has 156 valence electrons. The third kappa shape index (κ3) is 3.29. The van der Waals surface area contributed by atoms with E-state index < -0.39 is 16.3 Å². The fourth-order valence-corrected chi connectivity index (χ4v) is 5.20. The second-order valence-electron chi connectivity index (χ2n) is 6.55. The van der Waals surface area contributed by atoms with Crippen molar-refractivity contribution in [1.82, 2.24) is 9.66 Å². The zero-order chi connectivity index (χ0) is 21.6. The Morgan fingerprint density at radius 3 is 2.74 bits per heavy atom. The van der Waals surface area contributed by atoms with Gasteiger partial charge in [0.15, 0.2) is 11.6 Å². The molecular weight excluding hydrogens is 438 g/mol. The van der Waals surface area contributed by atoms with Gasteiger partial charge in [0, 0.05) is 6.20 Å². The Kier molecular flexibility index (Phi) is 4.59. The fraction of sp³-hybridized carbons (Fsp3) is 0. The maximum absolute atomic E-state index is 13.3. The molecule has 1 aliphatic rings. The number of benzene rings is 1. The van der Waals surface area contributed by atoms with Crippen LogP contribution in [0.15, 0.2) is 79.3 Å². The first-order valence-corrected chi connectivity index (χ1v) is 11.4. The number of nitrogens with one attached hydrogen (secondary N) is 1. The summed E-state index contributed by atoms with van der Waals surface area (Å²) in [7, 11) is -3.56. The lowest BCUT2D eigenvalue weighted by Gasteiger charge is -2.34. The first kappa shape index (κ1) is 19.5. The Hall–Kier alpha value is -3.51. The summed E-state index contributed by atoms with van der Waals surface area (Å²) in [5.74, 6) is -0.446. The lowest BCUT2D eigenvalue weighted by atomic mass is 10.2. The number of anilines is 1. The van der Waals surface area contributed by atoms with Crippen LogP contribution in [0.4, 0.5) is 5.69 Å². The van der Waals surface area contributed by atoms with Gasteiger partial charge in [-0.3, -0.25) is 18.9 Å². The van der Waals surface area contributed by atoms with E-state index >= 15 is 0 Å². The summed E-state index contributed by atoms with van der Waals surface area (Å²) in [6.07, 6.45) is 3.04. The van der Waals surface area contributed by atoms with Gasteiger partial charge in [0.1, 0.15) is 10.5 Å². The Labute approximate surface area is 181 Å². The number of fused-ring (bicyclic) bond motifs is 2. The van der Waals surface area contributed by atoms with Gasteiger partial charge in [-0.05, 0) is 35.7 Å². The maximum Gasteiger partial charge on any atom is 0.286 e. The van der Waals surface area contributed by atoms with E-state index in [0.29, 0.717) is 21.6 Å². The molecule has 11 heteroatoms. The summed E-state index contributed by atoms with van der Waals surface area (Å²) < 4.78 is 26.5. The van der Waals surface area contributed by atoms with Crippen molar-refractivity contribution in [2.75, 3.05) is 5.32 Å². The minimum absolute atomic E-state index is 0.140. The summed E-state index contributed by atoms with van der Waals surface area (Å²) in [6, 6.07) is 13.5. The molecule has 0 unspecified atom stereocenters. The molecule has 0 fully saturated rings. The van der Waals surface area contributed by atoms with Crippen molar-refractivity contribution >= 4 is 50.1 Å². The topological polar surface area (TPSA) is 132 Å². The number of thiophene rings is 1. The van der Waals surface area contributed by atoms with Crippen molar-refractivity contribution in [3.8, 4) is 5.75 Å². The van der Waals surface area contributed by atoms with Crippen LogP contribution in [0.3, 0.4) is 0 Å². The van der Waals surface area contributed by atoms with Crippen LogP contribution in [0, 0.1) is 0 Å². The summed E-state index contributed by atoms with van der Waals surface area (Å²) in [6.45, 7) is 0. The fourth-order valence-electron chi connectivity index (χ4n) is 3.22. The number of rotatable bonds is 3. The van der Waals surface area contributed by atoms with Crippen LogP contribution in [-0.4, -0.2) is 35.9 Å². The number of para-hydroxylation sites is 1. The molecular formula is C20H15N5O4S2. The number of nitrogens with zero attached hydrogens (tertiary/aromatic N) is 4. The van der Waals surface area contributed by atoms with E-state index in [9.17, 15) is 19.0 Å². The quantitative estimate of drug-likeness (QED) is 0.347. The molecule has 31 heavy (non-hydrogen) atoms. The van der Waals surface area contributed by atoms with Crippen LogP contribution in [0.1, 0.15) is 11.3 Å². The highest BCUT2D eigenvalue weighted by Crippen LogP contribution is 2.55. The van der Waals surface area contributed by atoms with Gasteiger partial charge in [-0.25, -0.2) is 0 Å². The maximum atomic E-state index is 13.3. The average Bonchev–Trinajstić information content (AvgIpc) is 3.24. The van der Waals surface area contributed by atoms with E-state index in [2.05, 4.69) is 19.8 Å². The molecule has 4 aromatic rings. The van der Waals surface area contributed by atoms with Gasteiger partial charge in [-0.2, -0.15) is 9.78 Å². The highest BCUT2D eigenvalue weighted by molar-refractivity contribution is 8.23. The molecule has 0 bridgehead atoms. The molecule has 0 saturated carbocycles. The minimum Gasteiger partial charge on any atom is -0.505 e. The number of amidine groups is 1. The molecule has 0 spiro atoms. The van der Waals surface area contributed by atoms with Crippen molar-refractivity contribution in [2.45, 2.75) is 4.90 Å². The predicted octanol–water partition coefficient (Wildman–Crippen LogP) is 3.94. The molecule has 5 rings (SSSR count). The Morgan fingerprint density at radius 2 is 1.94 bits per heavy atom. The van der Waals surface area contributed by atoms with Crippen molar-refractivity contribution in [1.29, 1.82) is 0 Å². The molecule has 4 N–H and O–H groups in total. The monoisotopic (exact) mass is 453 g/mol. The minimum atomic E-state index is -3.56. The highest BCUT2D eigenvalue weighted by Gasteiger charge is 2.30. The van der Waals surface area contributed by atoms with Crippen LogP contribution in [-0.2, 0) is 0 Å². The Bertz CT molecular complexity index is 1430. The smallest absolute Gasteiger partial charge is 0.286 e. The molecule has 1 aromatic carbocycles. The van der Waals surface area contributed by atoms with Gasteiger partial charge in [0.25, 0.3) is 5.56 Å². The largest absolute Gasteiger partial charge is 0.505 e. The molecule has 0 saturated heterocycles. The number of pyridine rings is 2. The Balaban J connectivity index is 1.71. The summed E-state index contributed by atoms with van der Waals surface area (Å²) in [5.41, 5.74) is 0.468. The highest BCUT2D eigenvalue weighted by atomic mass is 32.3. The van der Waals surface area contributed by atoms with Crippen molar-refractivity contribution in [3.05, 3.63) is 81.7 Å². The zero-order valence-corrected chi connectivity index (χ0v) is 17.3. The molecule has 0 atom stereocenters.